The summed E-state index contributed by atoms with van der Waals surface area (Å²) in [5.41, 5.74) is 6.41. The van der Waals surface area contributed by atoms with Crippen molar-refractivity contribution in [1.82, 2.24) is 14.6 Å². The van der Waals surface area contributed by atoms with E-state index in [1.807, 2.05) is 34.8 Å². The second kappa shape index (κ2) is 5.81. The van der Waals surface area contributed by atoms with Gasteiger partial charge in [0.15, 0.2) is 5.82 Å². The minimum absolute atomic E-state index is 0.862. The smallest absolute Gasteiger partial charge is 0.161 e. The van der Waals surface area contributed by atoms with Crippen LogP contribution in [-0.2, 0) is 0 Å². The Morgan fingerprint density at radius 1 is 0.731 bits per heavy atom. The molecule has 0 bridgehead atoms. The molecule has 0 amide bonds. The molecule has 5 rings (SSSR count). The number of nitrogens with zero attached hydrogens (tertiary/aromatic N) is 3. The average molecular weight is 335 g/mol. The first-order valence-corrected chi connectivity index (χ1v) is 8.70. The van der Waals surface area contributed by atoms with Crippen molar-refractivity contribution >= 4 is 16.4 Å². The number of hydrogen-bond acceptors (Lipinski definition) is 2. The Morgan fingerprint density at radius 2 is 1.46 bits per heavy atom. The maximum absolute atomic E-state index is 4.91. The Morgan fingerprint density at radius 3 is 2.27 bits per heavy atom. The third kappa shape index (κ3) is 2.37. The topological polar surface area (TPSA) is 30.2 Å². The van der Waals surface area contributed by atoms with Crippen molar-refractivity contribution in [3.05, 3.63) is 90.5 Å². The highest BCUT2D eigenvalue weighted by molar-refractivity contribution is 5.96. The van der Waals surface area contributed by atoms with Gasteiger partial charge in [0.1, 0.15) is 0 Å². The highest BCUT2D eigenvalue weighted by Gasteiger charge is 2.14. The lowest BCUT2D eigenvalue weighted by Crippen LogP contribution is -1.99. The van der Waals surface area contributed by atoms with Gasteiger partial charge in [-0.05, 0) is 19.1 Å². The van der Waals surface area contributed by atoms with E-state index in [4.69, 9.17) is 10.1 Å². The molecule has 0 N–H and O–H groups in total. The number of rotatable bonds is 2. The van der Waals surface area contributed by atoms with Crippen LogP contribution in [0, 0.1) is 6.92 Å². The van der Waals surface area contributed by atoms with Gasteiger partial charge >= 0.3 is 0 Å². The van der Waals surface area contributed by atoms with Crippen molar-refractivity contribution in [2.24, 2.45) is 0 Å². The molecule has 0 radical (unpaired) electrons. The Kier molecular flexibility index (Phi) is 3.32. The molecule has 5 aromatic rings. The van der Waals surface area contributed by atoms with Gasteiger partial charge in [0.2, 0.25) is 0 Å². The summed E-state index contributed by atoms with van der Waals surface area (Å²) >= 11 is 0. The summed E-state index contributed by atoms with van der Waals surface area (Å²) in [6.07, 6.45) is 0. The molecule has 0 fully saturated rings. The van der Waals surface area contributed by atoms with E-state index in [9.17, 15) is 0 Å². The lowest BCUT2D eigenvalue weighted by molar-refractivity contribution is 0.949. The fourth-order valence-corrected chi connectivity index (χ4v) is 3.32. The largest absolute Gasteiger partial charge is 0.228 e. The van der Waals surface area contributed by atoms with Crippen molar-refractivity contribution in [3.8, 4) is 22.6 Å². The number of benzene rings is 3. The van der Waals surface area contributed by atoms with Gasteiger partial charge in [-0.25, -0.2) is 9.50 Å². The zero-order valence-electron chi connectivity index (χ0n) is 14.4. The van der Waals surface area contributed by atoms with E-state index in [0.29, 0.717) is 0 Å². The quantitative estimate of drug-likeness (QED) is 0.425. The monoisotopic (exact) mass is 335 g/mol. The van der Waals surface area contributed by atoms with E-state index in [1.54, 1.807) is 0 Å². The van der Waals surface area contributed by atoms with Gasteiger partial charge in [0.05, 0.1) is 16.7 Å². The number of aryl methyl sites for hydroxylation is 1. The maximum atomic E-state index is 4.91. The van der Waals surface area contributed by atoms with E-state index in [-0.39, 0.29) is 0 Å². The lowest BCUT2D eigenvalue weighted by Gasteiger charge is -2.08. The molecule has 0 saturated heterocycles. The van der Waals surface area contributed by atoms with Crippen LogP contribution in [0.2, 0.25) is 0 Å². The Labute approximate surface area is 151 Å². The number of para-hydroxylation sites is 1. The van der Waals surface area contributed by atoms with Crippen LogP contribution in [0.3, 0.4) is 0 Å². The summed E-state index contributed by atoms with van der Waals surface area (Å²) in [4.78, 5) is 4.91. The molecule has 124 valence electrons. The van der Waals surface area contributed by atoms with Crippen LogP contribution in [0.5, 0.6) is 0 Å². The summed E-state index contributed by atoms with van der Waals surface area (Å²) in [5, 5.41) is 6.00. The summed E-state index contributed by atoms with van der Waals surface area (Å²) in [6, 6.07) is 29.1. The predicted molar refractivity (Wildman–Crippen MR) is 106 cm³/mol. The van der Waals surface area contributed by atoms with Crippen LogP contribution in [0.4, 0.5) is 0 Å². The van der Waals surface area contributed by atoms with E-state index in [2.05, 4.69) is 61.5 Å². The van der Waals surface area contributed by atoms with Crippen LogP contribution >= 0.6 is 0 Å². The summed E-state index contributed by atoms with van der Waals surface area (Å²) in [6.45, 7) is 2.09. The van der Waals surface area contributed by atoms with E-state index < -0.39 is 0 Å². The van der Waals surface area contributed by atoms with Gasteiger partial charge in [-0.3, -0.25) is 0 Å². The first kappa shape index (κ1) is 14.8. The molecule has 26 heavy (non-hydrogen) atoms. The first-order chi connectivity index (χ1) is 12.8. The average Bonchev–Trinajstić information content (AvgIpc) is 3.14. The van der Waals surface area contributed by atoms with Gasteiger partial charge in [-0.2, -0.15) is 5.10 Å². The molecule has 3 aromatic carbocycles. The number of fused-ring (bicyclic) bond motifs is 3. The number of hydrogen-bond donors (Lipinski definition) is 0. The highest BCUT2D eigenvalue weighted by atomic mass is 15.3. The highest BCUT2D eigenvalue weighted by Crippen LogP contribution is 2.29. The fraction of sp³-hybridized carbons (Fsp3) is 0.0435. The molecule has 0 unspecified atom stereocenters. The van der Waals surface area contributed by atoms with Gasteiger partial charge in [-0.15, -0.1) is 0 Å². The van der Waals surface area contributed by atoms with Crippen molar-refractivity contribution in [1.29, 1.82) is 0 Å². The molecule has 0 atom stereocenters. The zero-order valence-corrected chi connectivity index (χ0v) is 14.4. The van der Waals surface area contributed by atoms with Gasteiger partial charge in [0, 0.05) is 16.5 Å². The van der Waals surface area contributed by atoms with Crippen molar-refractivity contribution < 1.29 is 0 Å². The summed E-state index contributed by atoms with van der Waals surface area (Å²) < 4.78 is 1.97. The third-order valence-electron chi connectivity index (χ3n) is 4.70. The molecule has 2 aromatic heterocycles. The fourth-order valence-electron chi connectivity index (χ4n) is 3.32. The zero-order chi connectivity index (χ0) is 17.5. The summed E-state index contributed by atoms with van der Waals surface area (Å²) in [5.74, 6) is 0.862. The third-order valence-corrected chi connectivity index (χ3v) is 4.70. The molecule has 0 saturated carbocycles. The van der Waals surface area contributed by atoms with Crippen LogP contribution in [0.15, 0.2) is 84.9 Å². The van der Waals surface area contributed by atoms with Crippen LogP contribution in [-0.4, -0.2) is 14.6 Å². The first-order valence-electron chi connectivity index (χ1n) is 8.70. The molecule has 3 heteroatoms. The minimum Gasteiger partial charge on any atom is -0.228 e. The van der Waals surface area contributed by atoms with E-state index in [0.717, 1.165) is 39.1 Å². The van der Waals surface area contributed by atoms with Crippen molar-refractivity contribution in [3.63, 3.8) is 0 Å². The van der Waals surface area contributed by atoms with E-state index in [1.165, 1.54) is 5.56 Å². The SMILES string of the molecule is Cc1ccc(-c2nc3ccccc3c3cc(-c4ccccc4)nn23)cc1. The second-order valence-corrected chi connectivity index (χ2v) is 6.51. The van der Waals surface area contributed by atoms with Gasteiger partial charge < -0.3 is 0 Å². The summed E-state index contributed by atoms with van der Waals surface area (Å²) in [7, 11) is 0. The Balaban J connectivity index is 1.85. The van der Waals surface area contributed by atoms with Crippen LogP contribution < -0.4 is 0 Å². The van der Waals surface area contributed by atoms with Crippen molar-refractivity contribution in [2.75, 3.05) is 0 Å². The predicted octanol–water partition coefficient (Wildman–Crippen LogP) is 5.52. The molecule has 0 aliphatic carbocycles. The van der Waals surface area contributed by atoms with E-state index >= 15 is 0 Å². The minimum atomic E-state index is 0.862. The molecular weight excluding hydrogens is 318 g/mol. The normalized spacial score (nSPS) is 11.3. The maximum Gasteiger partial charge on any atom is 0.161 e. The Hall–Kier alpha value is -3.46. The van der Waals surface area contributed by atoms with Crippen LogP contribution in [0.1, 0.15) is 5.56 Å². The van der Waals surface area contributed by atoms with Gasteiger partial charge in [-0.1, -0.05) is 78.4 Å². The molecular formula is C23H17N3. The molecule has 3 nitrogen and oxygen atoms in total. The molecule has 0 aliphatic rings. The molecule has 0 spiro atoms. The standard InChI is InChI=1S/C23H17N3/c1-16-11-13-18(14-12-16)23-24-20-10-6-5-9-19(20)22-15-21(25-26(22)23)17-7-3-2-4-8-17/h2-15H,1H3. The second-order valence-electron chi connectivity index (χ2n) is 6.51. The molecule has 0 aliphatic heterocycles. The molecule has 2 heterocycles. The van der Waals surface area contributed by atoms with Crippen LogP contribution in [0.25, 0.3) is 39.1 Å². The van der Waals surface area contributed by atoms with Gasteiger partial charge in [0.25, 0.3) is 0 Å². The number of aromatic nitrogens is 3. The van der Waals surface area contributed by atoms with Crippen molar-refractivity contribution in [2.45, 2.75) is 6.92 Å². The Bertz CT molecular complexity index is 1220. The lowest BCUT2D eigenvalue weighted by atomic mass is 10.1.